The van der Waals surface area contributed by atoms with Gasteiger partial charge in [-0.05, 0) is 18.4 Å². The van der Waals surface area contributed by atoms with Gasteiger partial charge in [0.25, 0.3) is 5.91 Å². The van der Waals surface area contributed by atoms with Gasteiger partial charge in [0.05, 0.1) is 18.1 Å². The molecule has 1 atom stereocenters. The van der Waals surface area contributed by atoms with Crippen molar-refractivity contribution >= 4 is 23.2 Å². The van der Waals surface area contributed by atoms with Crippen LogP contribution in [0.15, 0.2) is 42.0 Å². The number of hydrogen-bond acceptors (Lipinski definition) is 4. The van der Waals surface area contributed by atoms with Crippen molar-refractivity contribution in [3.05, 3.63) is 52.5 Å². The summed E-state index contributed by atoms with van der Waals surface area (Å²) in [6.45, 7) is 1.34. The fourth-order valence-electron chi connectivity index (χ4n) is 2.79. The van der Waals surface area contributed by atoms with E-state index in [1.165, 1.54) is 11.3 Å². The van der Waals surface area contributed by atoms with Crippen molar-refractivity contribution in [2.75, 3.05) is 13.1 Å². The van der Waals surface area contributed by atoms with Gasteiger partial charge in [0.1, 0.15) is 4.88 Å². The van der Waals surface area contributed by atoms with Crippen LogP contribution in [0.1, 0.15) is 28.1 Å². The van der Waals surface area contributed by atoms with Crippen LogP contribution in [0.2, 0.25) is 0 Å². The number of rotatable bonds is 4. The predicted octanol–water partition coefficient (Wildman–Crippen LogP) is 2.11. The first-order valence-electron chi connectivity index (χ1n) is 7.73. The summed E-state index contributed by atoms with van der Waals surface area (Å²) in [6, 6.07) is 9.77. The number of thiazole rings is 1. The Balaban J connectivity index is 1.55. The first-order chi connectivity index (χ1) is 11.2. The maximum absolute atomic E-state index is 12.4. The normalized spacial score (nSPS) is 17.7. The van der Waals surface area contributed by atoms with Gasteiger partial charge >= 0.3 is 0 Å². The standard InChI is InChI=1S/C17H19N3O2S/c21-16(9-13-5-2-1-3-6-13)20-8-4-7-14(11-20)19-17(22)15-10-18-12-23-15/h1-3,5-6,10,12,14H,4,7-9,11H2,(H,19,22)/t14-/m0/s1. The zero-order valence-electron chi connectivity index (χ0n) is 12.8. The molecule has 2 aromatic rings. The average molecular weight is 329 g/mol. The zero-order valence-corrected chi connectivity index (χ0v) is 13.6. The molecule has 23 heavy (non-hydrogen) atoms. The van der Waals surface area contributed by atoms with E-state index in [0.717, 1.165) is 24.9 Å². The van der Waals surface area contributed by atoms with Crippen LogP contribution in [-0.2, 0) is 11.2 Å². The van der Waals surface area contributed by atoms with Crippen LogP contribution in [0.25, 0.3) is 0 Å². The van der Waals surface area contributed by atoms with Crippen LogP contribution in [0.5, 0.6) is 0 Å². The van der Waals surface area contributed by atoms with Crippen molar-refractivity contribution in [3.8, 4) is 0 Å². The van der Waals surface area contributed by atoms with E-state index < -0.39 is 0 Å². The Bertz CT molecular complexity index is 658. The maximum Gasteiger partial charge on any atom is 0.263 e. The van der Waals surface area contributed by atoms with E-state index in [9.17, 15) is 9.59 Å². The third-order valence-corrected chi connectivity index (χ3v) is 4.74. The number of aromatic nitrogens is 1. The van der Waals surface area contributed by atoms with Crippen molar-refractivity contribution in [3.63, 3.8) is 0 Å². The molecule has 2 amide bonds. The third-order valence-electron chi connectivity index (χ3n) is 3.96. The molecule has 0 saturated carbocycles. The first-order valence-corrected chi connectivity index (χ1v) is 8.61. The van der Waals surface area contributed by atoms with Crippen LogP contribution < -0.4 is 5.32 Å². The molecule has 5 nitrogen and oxygen atoms in total. The molecule has 1 aromatic carbocycles. The molecule has 1 aromatic heterocycles. The predicted molar refractivity (Wildman–Crippen MR) is 89.3 cm³/mol. The number of likely N-dealkylation sites (tertiary alicyclic amines) is 1. The second-order valence-corrected chi connectivity index (χ2v) is 6.57. The minimum Gasteiger partial charge on any atom is -0.347 e. The SMILES string of the molecule is O=C(N[C@H]1CCCN(C(=O)Cc2ccccc2)C1)c1cncs1. The molecule has 3 rings (SSSR count). The lowest BCUT2D eigenvalue weighted by molar-refractivity contribution is -0.131. The lowest BCUT2D eigenvalue weighted by Gasteiger charge is -2.33. The average Bonchev–Trinajstić information content (AvgIpc) is 3.11. The summed E-state index contributed by atoms with van der Waals surface area (Å²) < 4.78 is 0. The molecule has 1 aliphatic heterocycles. The number of amides is 2. The van der Waals surface area contributed by atoms with Crippen LogP contribution in [0.3, 0.4) is 0 Å². The Morgan fingerprint density at radius 3 is 2.87 bits per heavy atom. The van der Waals surface area contributed by atoms with Crippen molar-refractivity contribution in [1.29, 1.82) is 0 Å². The number of benzene rings is 1. The zero-order chi connectivity index (χ0) is 16.1. The van der Waals surface area contributed by atoms with Gasteiger partial charge in [-0.15, -0.1) is 11.3 Å². The maximum atomic E-state index is 12.4. The van der Waals surface area contributed by atoms with Gasteiger partial charge in [0.15, 0.2) is 0 Å². The fraction of sp³-hybridized carbons (Fsp3) is 0.353. The first kappa shape index (κ1) is 15.7. The molecule has 0 unspecified atom stereocenters. The molecule has 1 saturated heterocycles. The molecule has 0 spiro atoms. The Morgan fingerprint density at radius 1 is 1.30 bits per heavy atom. The highest BCUT2D eigenvalue weighted by Crippen LogP contribution is 2.14. The van der Waals surface area contributed by atoms with Gasteiger partial charge in [0, 0.05) is 19.1 Å². The van der Waals surface area contributed by atoms with Crippen LogP contribution in [0, 0.1) is 0 Å². The quantitative estimate of drug-likeness (QED) is 0.934. The summed E-state index contributed by atoms with van der Waals surface area (Å²) in [5, 5.41) is 3.01. The van der Waals surface area contributed by atoms with Crippen LogP contribution in [0.4, 0.5) is 0 Å². The molecule has 120 valence electrons. The second-order valence-electron chi connectivity index (χ2n) is 5.68. The van der Waals surface area contributed by atoms with E-state index in [1.54, 1.807) is 11.7 Å². The number of carbonyl (C=O) groups is 2. The van der Waals surface area contributed by atoms with Gasteiger partial charge in [-0.25, -0.2) is 0 Å². The highest BCUT2D eigenvalue weighted by molar-refractivity contribution is 7.11. The number of carbonyl (C=O) groups excluding carboxylic acids is 2. The van der Waals surface area contributed by atoms with Crippen molar-refractivity contribution < 1.29 is 9.59 Å². The van der Waals surface area contributed by atoms with Gasteiger partial charge in [-0.3, -0.25) is 14.6 Å². The topological polar surface area (TPSA) is 62.3 Å². The lowest BCUT2D eigenvalue weighted by atomic mass is 10.0. The molecule has 0 aliphatic carbocycles. The minimum atomic E-state index is -0.102. The van der Waals surface area contributed by atoms with Crippen molar-refractivity contribution in [2.24, 2.45) is 0 Å². The minimum absolute atomic E-state index is 0.0121. The van der Waals surface area contributed by atoms with Crippen LogP contribution >= 0.6 is 11.3 Å². The highest BCUT2D eigenvalue weighted by atomic mass is 32.1. The monoisotopic (exact) mass is 329 g/mol. The van der Waals surface area contributed by atoms with E-state index in [2.05, 4.69) is 10.3 Å². The molecule has 1 aliphatic rings. The Morgan fingerprint density at radius 2 is 2.13 bits per heavy atom. The van der Waals surface area contributed by atoms with Crippen LogP contribution in [-0.4, -0.2) is 40.8 Å². The second kappa shape index (κ2) is 7.37. The van der Waals surface area contributed by atoms with E-state index in [4.69, 9.17) is 0 Å². The van der Waals surface area contributed by atoms with Gasteiger partial charge in [-0.2, -0.15) is 0 Å². The number of hydrogen-bond donors (Lipinski definition) is 1. The number of nitrogens with zero attached hydrogens (tertiary/aromatic N) is 2. The molecule has 6 heteroatoms. The summed E-state index contributed by atoms with van der Waals surface area (Å²) in [5.41, 5.74) is 2.67. The molecule has 2 heterocycles. The molecular weight excluding hydrogens is 310 g/mol. The summed E-state index contributed by atoms with van der Waals surface area (Å²) >= 11 is 1.32. The molecule has 0 bridgehead atoms. The Kier molecular flexibility index (Phi) is 5.02. The highest BCUT2D eigenvalue weighted by Gasteiger charge is 2.25. The largest absolute Gasteiger partial charge is 0.347 e. The van der Waals surface area contributed by atoms with Gasteiger partial charge in [0.2, 0.25) is 5.91 Å². The van der Waals surface area contributed by atoms with Crippen molar-refractivity contribution in [2.45, 2.75) is 25.3 Å². The molecule has 1 N–H and O–H groups in total. The number of piperidine rings is 1. The van der Waals surface area contributed by atoms with Gasteiger partial charge < -0.3 is 10.2 Å². The summed E-state index contributed by atoms with van der Waals surface area (Å²) in [4.78, 5) is 30.9. The summed E-state index contributed by atoms with van der Waals surface area (Å²) in [5.74, 6) is 0.0165. The number of nitrogens with one attached hydrogen (secondary N) is 1. The molecule has 0 radical (unpaired) electrons. The van der Waals surface area contributed by atoms with Gasteiger partial charge in [-0.1, -0.05) is 30.3 Å². The van der Waals surface area contributed by atoms with E-state index >= 15 is 0 Å². The van der Waals surface area contributed by atoms with E-state index in [-0.39, 0.29) is 17.9 Å². The summed E-state index contributed by atoms with van der Waals surface area (Å²) in [7, 11) is 0. The Hall–Kier alpha value is -2.21. The smallest absolute Gasteiger partial charge is 0.263 e. The van der Waals surface area contributed by atoms with Crippen molar-refractivity contribution in [1.82, 2.24) is 15.2 Å². The lowest BCUT2D eigenvalue weighted by Crippen LogP contribution is -2.49. The third kappa shape index (κ3) is 4.16. The van der Waals surface area contributed by atoms with E-state index in [0.29, 0.717) is 17.8 Å². The Labute approximate surface area is 139 Å². The molecule has 1 fully saturated rings. The summed E-state index contributed by atoms with van der Waals surface area (Å²) in [6.07, 6.45) is 3.80. The molecular formula is C17H19N3O2S. The van der Waals surface area contributed by atoms with E-state index in [1.807, 2.05) is 35.2 Å². The fourth-order valence-corrected chi connectivity index (χ4v) is 3.31.